The third kappa shape index (κ3) is 3.71. The zero-order valence-electron chi connectivity index (χ0n) is 17.2. The molecular formula is C22H26N6OS. The van der Waals surface area contributed by atoms with Gasteiger partial charge in [0.25, 0.3) is 5.91 Å². The smallest absolute Gasteiger partial charge is 0.282 e. The number of piperidine rings is 1. The molecule has 8 heteroatoms. The molecule has 1 unspecified atom stereocenters. The fraction of sp³-hybridized carbons (Fsp3) is 0.455. The first-order valence-corrected chi connectivity index (χ1v) is 11.5. The quantitative estimate of drug-likeness (QED) is 0.644. The first-order valence-electron chi connectivity index (χ1n) is 10.7. The highest BCUT2D eigenvalue weighted by molar-refractivity contribution is 7.20. The second kappa shape index (κ2) is 8.18. The molecule has 5 rings (SSSR count). The number of anilines is 2. The number of amides is 1. The summed E-state index contributed by atoms with van der Waals surface area (Å²) in [4.78, 5) is 23.9. The molecule has 2 aromatic heterocycles. The van der Waals surface area contributed by atoms with Crippen LogP contribution in [0.5, 0.6) is 0 Å². The molecule has 156 valence electrons. The van der Waals surface area contributed by atoms with Crippen molar-refractivity contribution in [2.75, 3.05) is 42.5 Å². The number of carbonyl (C=O) groups is 1. The normalized spacial score (nSPS) is 20.0. The number of rotatable bonds is 3. The van der Waals surface area contributed by atoms with Crippen molar-refractivity contribution in [1.82, 2.24) is 20.1 Å². The average Bonchev–Trinajstić information content (AvgIpc) is 3.24. The van der Waals surface area contributed by atoms with Crippen molar-refractivity contribution in [3.63, 3.8) is 0 Å². The van der Waals surface area contributed by atoms with Crippen LogP contribution < -0.4 is 9.80 Å². The molecule has 2 aliphatic heterocycles. The number of piperazine rings is 1. The Labute approximate surface area is 180 Å². The van der Waals surface area contributed by atoms with E-state index >= 15 is 0 Å². The molecule has 0 saturated carbocycles. The summed E-state index contributed by atoms with van der Waals surface area (Å²) in [6.45, 7) is 6.16. The van der Waals surface area contributed by atoms with Gasteiger partial charge in [0, 0.05) is 38.8 Å². The summed E-state index contributed by atoms with van der Waals surface area (Å²) in [5.41, 5.74) is 0.892. The number of aromatic nitrogens is 3. The van der Waals surface area contributed by atoms with Crippen molar-refractivity contribution >= 4 is 39.1 Å². The van der Waals surface area contributed by atoms with Gasteiger partial charge in [-0.3, -0.25) is 4.79 Å². The van der Waals surface area contributed by atoms with E-state index in [1.165, 1.54) is 30.6 Å². The Hall–Kier alpha value is -2.74. The summed E-state index contributed by atoms with van der Waals surface area (Å²) in [5.74, 6) is 1.88. The van der Waals surface area contributed by atoms with Gasteiger partial charge in [-0.15, -0.1) is 21.5 Å². The zero-order chi connectivity index (χ0) is 20.5. The van der Waals surface area contributed by atoms with Gasteiger partial charge in [-0.05, 0) is 50.5 Å². The Morgan fingerprint density at radius 3 is 2.47 bits per heavy atom. The molecule has 30 heavy (non-hydrogen) atoms. The highest BCUT2D eigenvalue weighted by atomic mass is 32.1. The van der Waals surface area contributed by atoms with Gasteiger partial charge in [-0.25, -0.2) is 4.98 Å². The standard InChI is InChI=1S/C22H26N6OS/c1-16-6-4-5-11-28(16)20-10-9-19(24-25-20)26-12-14-27(15-13-26)22(29)21-23-17-7-2-3-8-18(17)30-21/h2-3,7-10,16H,4-6,11-15H2,1H3. The number of hydrogen-bond donors (Lipinski definition) is 0. The van der Waals surface area contributed by atoms with Crippen molar-refractivity contribution in [3.05, 3.63) is 41.4 Å². The summed E-state index contributed by atoms with van der Waals surface area (Å²) >= 11 is 1.47. The molecule has 0 bridgehead atoms. The van der Waals surface area contributed by atoms with E-state index in [2.05, 4.69) is 44.0 Å². The van der Waals surface area contributed by atoms with Crippen molar-refractivity contribution in [3.8, 4) is 0 Å². The van der Waals surface area contributed by atoms with Crippen LogP contribution in [0.15, 0.2) is 36.4 Å². The van der Waals surface area contributed by atoms with E-state index in [9.17, 15) is 4.79 Å². The van der Waals surface area contributed by atoms with Gasteiger partial charge in [0.2, 0.25) is 0 Å². The van der Waals surface area contributed by atoms with Crippen molar-refractivity contribution in [2.45, 2.75) is 32.2 Å². The van der Waals surface area contributed by atoms with Gasteiger partial charge >= 0.3 is 0 Å². The van der Waals surface area contributed by atoms with E-state index < -0.39 is 0 Å². The molecule has 0 spiro atoms. The molecule has 1 aromatic carbocycles. The number of para-hydroxylation sites is 1. The summed E-state index contributed by atoms with van der Waals surface area (Å²) in [6, 6.07) is 12.6. The monoisotopic (exact) mass is 422 g/mol. The summed E-state index contributed by atoms with van der Waals surface area (Å²) in [7, 11) is 0. The number of fused-ring (bicyclic) bond motifs is 1. The van der Waals surface area contributed by atoms with Crippen LogP contribution in [0.4, 0.5) is 11.6 Å². The highest BCUT2D eigenvalue weighted by Gasteiger charge is 2.26. The van der Waals surface area contributed by atoms with Gasteiger partial charge in [0.15, 0.2) is 16.6 Å². The van der Waals surface area contributed by atoms with Crippen LogP contribution in [0.3, 0.4) is 0 Å². The van der Waals surface area contributed by atoms with E-state index in [0.29, 0.717) is 24.1 Å². The third-order valence-corrected chi connectivity index (χ3v) is 7.13. The molecule has 2 saturated heterocycles. The second-order valence-corrected chi connectivity index (χ2v) is 9.08. The fourth-order valence-corrected chi connectivity index (χ4v) is 5.25. The molecule has 1 atom stereocenters. The highest BCUT2D eigenvalue weighted by Crippen LogP contribution is 2.25. The molecule has 2 aliphatic rings. The minimum atomic E-state index is 0.0244. The van der Waals surface area contributed by atoms with E-state index in [1.807, 2.05) is 29.2 Å². The third-order valence-electron chi connectivity index (χ3n) is 6.10. The van der Waals surface area contributed by atoms with Crippen LogP contribution in [0.1, 0.15) is 36.0 Å². The van der Waals surface area contributed by atoms with E-state index in [4.69, 9.17) is 0 Å². The van der Waals surface area contributed by atoms with Crippen LogP contribution in [-0.2, 0) is 0 Å². The molecule has 4 heterocycles. The predicted molar refractivity (Wildman–Crippen MR) is 120 cm³/mol. The number of nitrogens with zero attached hydrogens (tertiary/aromatic N) is 6. The van der Waals surface area contributed by atoms with Gasteiger partial charge in [-0.2, -0.15) is 0 Å². The maximum atomic E-state index is 12.9. The predicted octanol–water partition coefficient (Wildman–Crippen LogP) is 3.43. The molecule has 0 radical (unpaired) electrons. The summed E-state index contributed by atoms with van der Waals surface area (Å²) in [6.07, 6.45) is 3.73. The van der Waals surface area contributed by atoms with Gasteiger partial charge in [0.05, 0.1) is 10.2 Å². The summed E-state index contributed by atoms with van der Waals surface area (Å²) < 4.78 is 1.05. The van der Waals surface area contributed by atoms with Gasteiger partial charge in [0.1, 0.15) is 0 Å². The van der Waals surface area contributed by atoms with Gasteiger partial charge < -0.3 is 14.7 Å². The molecule has 0 N–H and O–H groups in total. The largest absolute Gasteiger partial charge is 0.352 e. The minimum absolute atomic E-state index is 0.0244. The van der Waals surface area contributed by atoms with Gasteiger partial charge in [-0.1, -0.05) is 12.1 Å². The average molecular weight is 423 g/mol. The van der Waals surface area contributed by atoms with Crippen LogP contribution in [0.2, 0.25) is 0 Å². The van der Waals surface area contributed by atoms with Crippen LogP contribution in [0.25, 0.3) is 10.2 Å². The lowest BCUT2D eigenvalue weighted by Gasteiger charge is -2.36. The topological polar surface area (TPSA) is 65.5 Å². The lowest BCUT2D eigenvalue weighted by atomic mass is 10.0. The van der Waals surface area contributed by atoms with Crippen LogP contribution in [0, 0.1) is 0 Å². The van der Waals surface area contributed by atoms with Crippen LogP contribution in [-0.4, -0.2) is 64.8 Å². The molecular weight excluding hydrogens is 396 g/mol. The zero-order valence-corrected chi connectivity index (χ0v) is 18.0. The molecule has 3 aromatic rings. The molecule has 1 amide bonds. The van der Waals surface area contributed by atoms with E-state index in [0.717, 1.165) is 41.5 Å². The molecule has 7 nitrogen and oxygen atoms in total. The maximum absolute atomic E-state index is 12.9. The maximum Gasteiger partial charge on any atom is 0.282 e. The SMILES string of the molecule is CC1CCCCN1c1ccc(N2CCN(C(=O)c3nc4ccccc4s3)CC2)nn1. The van der Waals surface area contributed by atoms with Crippen LogP contribution >= 0.6 is 11.3 Å². The van der Waals surface area contributed by atoms with E-state index in [-0.39, 0.29) is 5.91 Å². The Kier molecular flexibility index (Phi) is 5.25. The lowest BCUT2D eigenvalue weighted by Crippen LogP contribution is -2.49. The lowest BCUT2D eigenvalue weighted by molar-refractivity contribution is 0.0746. The minimum Gasteiger partial charge on any atom is -0.352 e. The number of carbonyl (C=O) groups excluding carboxylic acids is 1. The second-order valence-electron chi connectivity index (χ2n) is 8.05. The first-order chi connectivity index (χ1) is 14.7. The Bertz CT molecular complexity index is 995. The van der Waals surface area contributed by atoms with E-state index in [1.54, 1.807) is 0 Å². The number of benzene rings is 1. The van der Waals surface area contributed by atoms with Crippen molar-refractivity contribution < 1.29 is 4.79 Å². The summed E-state index contributed by atoms with van der Waals surface area (Å²) in [5, 5.41) is 9.56. The molecule has 0 aliphatic carbocycles. The number of thiazole rings is 1. The Morgan fingerprint density at radius 2 is 1.73 bits per heavy atom. The molecule has 2 fully saturated rings. The number of hydrogen-bond acceptors (Lipinski definition) is 7. The Balaban J connectivity index is 1.21. The fourth-order valence-electron chi connectivity index (χ4n) is 4.32. The van der Waals surface area contributed by atoms with Crippen molar-refractivity contribution in [1.29, 1.82) is 0 Å². The van der Waals surface area contributed by atoms with Crippen molar-refractivity contribution in [2.24, 2.45) is 0 Å². The first kappa shape index (κ1) is 19.2. The Morgan fingerprint density at radius 1 is 0.967 bits per heavy atom.